The van der Waals surface area contributed by atoms with Crippen molar-refractivity contribution in [1.29, 1.82) is 0 Å². The number of hydrogen-bond donors (Lipinski definition) is 1. The van der Waals surface area contributed by atoms with Gasteiger partial charge in [0.1, 0.15) is 0 Å². The number of thiazole rings is 1. The highest BCUT2D eigenvalue weighted by Gasteiger charge is 2.32. The Labute approximate surface area is 83.4 Å². The third-order valence-corrected chi connectivity index (χ3v) is 3.76. The molecule has 0 radical (unpaired) electrons. The summed E-state index contributed by atoms with van der Waals surface area (Å²) < 4.78 is 0. The summed E-state index contributed by atoms with van der Waals surface area (Å²) in [7, 11) is 0. The maximum absolute atomic E-state index is 4.35. The highest BCUT2D eigenvalue weighted by atomic mass is 32.1. The molecular formula is C10H16N2S. The highest BCUT2D eigenvalue weighted by Crippen LogP contribution is 2.27. The van der Waals surface area contributed by atoms with Crippen LogP contribution in [0.2, 0.25) is 0 Å². The van der Waals surface area contributed by atoms with E-state index in [1.54, 1.807) is 11.3 Å². The lowest BCUT2D eigenvalue weighted by molar-refractivity contribution is 0.359. The van der Waals surface area contributed by atoms with E-state index in [-0.39, 0.29) is 0 Å². The second-order valence-electron chi connectivity index (χ2n) is 3.77. The van der Waals surface area contributed by atoms with Crippen molar-refractivity contribution in [3.8, 4) is 0 Å². The Morgan fingerprint density at radius 1 is 1.69 bits per heavy atom. The first-order chi connectivity index (χ1) is 6.35. The molecule has 72 valence electrons. The molecule has 1 aromatic heterocycles. The first-order valence-electron chi connectivity index (χ1n) is 4.98. The molecule has 0 saturated carbocycles. The number of hydrogen-bond acceptors (Lipinski definition) is 3. The largest absolute Gasteiger partial charge is 0.311 e. The quantitative estimate of drug-likeness (QED) is 0.802. The predicted octanol–water partition coefficient (Wildman–Crippen LogP) is 2.22. The Bertz CT molecular complexity index is 250. The van der Waals surface area contributed by atoms with E-state index >= 15 is 0 Å². The molecule has 0 aliphatic carbocycles. The summed E-state index contributed by atoms with van der Waals surface area (Å²) in [5.41, 5.74) is 0.359. The number of aromatic nitrogens is 1. The molecule has 2 rings (SSSR count). The minimum atomic E-state index is 0.359. The molecule has 2 heterocycles. The van der Waals surface area contributed by atoms with E-state index < -0.39 is 0 Å². The van der Waals surface area contributed by atoms with E-state index in [1.807, 2.05) is 6.20 Å². The molecule has 1 atom stereocenters. The van der Waals surface area contributed by atoms with Gasteiger partial charge in [-0.2, -0.15) is 0 Å². The zero-order valence-corrected chi connectivity index (χ0v) is 8.86. The molecule has 0 bridgehead atoms. The third kappa shape index (κ3) is 1.92. The van der Waals surface area contributed by atoms with Gasteiger partial charge in [0.2, 0.25) is 0 Å². The molecule has 3 heteroatoms. The van der Waals surface area contributed by atoms with Crippen molar-refractivity contribution in [2.24, 2.45) is 0 Å². The van der Waals surface area contributed by atoms with Gasteiger partial charge in [0.25, 0.3) is 0 Å². The molecule has 1 aliphatic heterocycles. The fourth-order valence-corrected chi connectivity index (χ4v) is 2.84. The van der Waals surface area contributed by atoms with Crippen LogP contribution >= 0.6 is 11.3 Å². The number of nitrogens with one attached hydrogen (secondary N) is 1. The van der Waals surface area contributed by atoms with Crippen LogP contribution in [0.25, 0.3) is 0 Å². The van der Waals surface area contributed by atoms with E-state index in [0.717, 1.165) is 6.42 Å². The van der Waals surface area contributed by atoms with Gasteiger partial charge >= 0.3 is 0 Å². The first-order valence-corrected chi connectivity index (χ1v) is 5.86. The Balaban J connectivity index is 2.06. The van der Waals surface area contributed by atoms with Crippen LogP contribution in [-0.4, -0.2) is 17.1 Å². The fraction of sp³-hybridized carbons (Fsp3) is 0.700. The molecular weight excluding hydrogens is 180 g/mol. The van der Waals surface area contributed by atoms with E-state index in [0.29, 0.717) is 5.54 Å². The lowest BCUT2D eigenvalue weighted by atomic mass is 9.91. The predicted molar refractivity (Wildman–Crippen MR) is 56.1 cm³/mol. The van der Waals surface area contributed by atoms with Crippen LogP contribution in [-0.2, 0) is 6.42 Å². The van der Waals surface area contributed by atoms with Crippen molar-refractivity contribution in [2.75, 3.05) is 6.54 Å². The number of nitrogens with zero attached hydrogens (tertiary/aromatic N) is 1. The van der Waals surface area contributed by atoms with Crippen molar-refractivity contribution >= 4 is 11.3 Å². The van der Waals surface area contributed by atoms with Crippen LogP contribution in [0.5, 0.6) is 0 Å². The molecule has 1 aromatic rings. The van der Waals surface area contributed by atoms with Gasteiger partial charge in [0.15, 0.2) is 0 Å². The maximum Gasteiger partial charge on any atom is 0.0943 e. The second-order valence-corrected chi connectivity index (χ2v) is 4.75. The van der Waals surface area contributed by atoms with Crippen molar-refractivity contribution < 1.29 is 0 Å². The second kappa shape index (κ2) is 3.76. The van der Waals surface area contributed by atoms with Gasteiger partial charge in [0.05, 0.1) is 5.01 Å². The maximum atomic E-state index is 4.35. The van der Waals surface area contributed by atoms with Gasteiger partial charge in [-0.15, -0.1) is 11.3 Å². The van der Waals surface area contributed by atoms with Crippen LogP contribution in [0.4, 0.5) is 0 Å². The normalized spacial score (nSPS) is 28.1. The van der Waals surface area contributed by atoms with Crippen LogP contribution < -0.4 is 5.32 Å². The Morgan fingerprint density at radius 3 is 3.15 bits per heavy atom. The molecule has 0 spiro atoms. The third-order valence-electron chi connectivity index (χ3n) is 2.98. The first kappa shape index (κ1) is 9.16. The zero-order valence-electron chi connectivity index (χ0n) is 8.05. The minimum Gasteiger partial charge on any atom is -0.311 e. The summed E-state index contributed by atoms with van der Waals surface area (Å²) in [4.78, 5) is 4.35. The molecule has 1 saturated heterocycles. The van der Waals surface area contributed by atoms with E-state index in [2.05, 4.69) is 22.6 Å². The van der Waals surface area contributed by atoms with Crippen molar-refractivity contribution in [3.63, 3.8) is 0 Å². The SMILES string of the molecule is CCC1(Cc2nccs2)CCCN1. The fourth-order valence-electron chi connectivity index (χ4n) is 2.08. The van der Waals surface area contributed by atoms with E-state index in [4.69, 9.17) is 0 Å². The van der Waals surface area contributed by atoms with Gasteiger partial charge in [-0.05, 0) is 25.8 Å². The summed E-state index contributed by atoms with van der Waals surface area (Å²) in [5, 5.41) is 6.96. The molecule has 1 N–H and O–H groups in total. The Kier molecular flexibility index (Phi) is 2.65. The van der Waals surface area contributed by atoms with E-state index in [1.165, 1.54) is 30.8 Å². The van der Waals surface area contributed by atoms with E-state index in [9.17, 15) is 0 Å². The van der Waals surface area contributed by atoms with Crippen LogP contribution in [0.3, 0.4) is 0 Å². The number of rotatable bonds is 3. The van der Waals surface area contributed by atoms with Gasteiger partial charge in [-0.1, -0.05) is 6.92 Å². The molecule has 13 heavy (non-hydrogen) atoms. The molecule has 1 aliphatic rings. The zero-order chi connectivity index (χ0) is 9.15. The lowest BCUT2D eigenvalue weighted by Crippen LogP contribution is -2.41. The molecule has 1 unspecified atom stereocenters. The average Bonchev–Trinajstić information content (AvgIpc) is 2.77. The average molecular weight is 196 g/mol. The van der Waals surface area contributed by atoms with Crippen LogP contribution in [0, 0.1) is 0 Å². The van der Waals surface area contributed by atoms with Crippen molar-refractivity contribution in [1.82, 2.24) is 10.3 Å². The summed E-state index contributed by atoms with van der Waals surface area (Å²) in [6.07, 6.45) is 6.86. The Hall–Kier alpha value is -0.410. The van der Waals surface area contributed by atoms with Gasteiger partial charge in [-0.3, -0.25) is 0 Å². The molecule has 2 nitrogen and oxygen atoms in total. The monoisotopic (exact) mass is 196 g/mol. The minimum absolute atomic E-state index is 0.359. The van der Waals surface area contributed by atoms with Gasteiger partial charge in [0, 0.05) is 23.5 Å². The summed E-state index contributed by atoms with van der Waals surface area (Å²) in [6, 6.07) is 0. The summed E-state index contributed by atoms with van der Waals surface area (Å²) in [5.74, 6) is 0. The van der Waals surface area contributed by atoms with Crippen molar-refractivity contribution in [2.45, 2.75) is 38.1 Å². The smallest absolute Gasteiger partial charge is 0.0943 e. The van der Waals surface area contributed by atoms with Gasteiger partial charge in [-0.25, -0.2) is 4.98 Å². The van der Waals surface area contributed by atoms with Crippen LogP contribution in [0.1, 0.15) is 31.2 Å². The molecule has 0 amide bonds. The van der Waals surface area contributed by atoms with Crippen molar-refractivity contribution in [3.05, 3.63) is 16.6 Å². The van der Waals surface area contributed by atoms with Gasteiger partial charge < -0.3 is 5.32 Å². The highest BCUT2D eigenvalue weighted by molar-refractivity contribution is 7.09. The summed E-state index contributed by atoms with van der Waals surface area (Å²) >= 11 is 1.77. The van der Waals surface area contributed by atoms with Crippen LogP contribution in [0.15, 0.2) is 11.6 Å². The molecule has 0 aromatic carbocycles. The lowest BCUT2D eigenvalue weighted by Gasteiger charge is -2.26. The molecule has 1 fully saturated rings. The topological polar surface area (TPSA) is 24.9 Å². The summed E-state index contributed by atoms with van der Waals surface area (Å²) in [6.45, 7) is 3.45. The Morgan fingerprint density at radius 2 is 2.62 bits per heavy atom. The standard InChI is InChI=1S/C10H16N2S/c1-2-10(4-3-5-12-10)8-9-11-6-7-13-9/h6-7,12H,2-5,8H2,1H3.